The van der Waals surface area contributed by atoms with E-state index in [-0.39, 0.29) is 0 Å². The molecule has 0 bridgehead atoms. The summed E-state index contributed by atoms with van der Waals surface area (Å²) in [7, 11) is 0. The second kappa shape index (κ2) is 3.17. The van der Waals surface area contributed by atoms with E-state index in [9.17, 15) is 4.79 Å². The number of hydrogen-bond acceptors (Lipinski definition) is 2. The maximum atomic E-state index is 11.6. The van der Waals surface area contributed by atoms with Gasteiger partial charge in [-0.25, -0.2) is 0 Å². The lowest BCUT2D eigenvalue weighted by Gasteiger charge is -2.38. The van der Waals surface area contributed by atoms with Crippen LogP contribution in [0, 0.1) is 5.92 Å². The summed E-state index contributed by atoms with van der Waals surface area (Å²) in [5, 5.41) is 3.53. The molecule has 0 spiro atoms. The largest absolute Gasteiger partial charge is 0.310 e. The highest BCUT2D eigenvalue weighted by Crippen LogP contribution is 2.29. The van der Waals surface area contributed by atoms with Crippen LogP contribution in [-0.4, -0.2) is 17.9 Å². The van der Waals surface area contributed by atoms with Crippen molar-refractivity contribution in [2.75, 3.05) is 0 Å². The van der Waals surface area contributed by atoms with Crippen molar-refractivity contribution < 1.29 is 4.79 Å². The minimum absolute atomic E-state index is 0.356. The van der Waals surface area contributed by atoms with Gasteiger partial charge in [0, 0.05) is 24.4 Å². The lowest BCUT2D eigenvalue weighted by atomic mass is 9.77. The molecule has 2 fully saturated rings. The standard InChI is InChI=1S/C10H17NO/c1-7-6-10(12)8-4-2-3-5-9(8)11-7/h7-9,11H,2-6H2,1H3/t7?,8-,9+/m0/s1. The normalized spacial score (nSPS) is 42.4. The van der Waals surface area contributed by atoms with Crippen molar-refractivity contribution in [2.45, 2.75) is 51.1 Å². The summed E-state index contributed by atoms with van der Waals surface area (Å²) in [6.07, 6.45) is 5.64. The van der Waals surface area contributed by atoms with Crippen LogP contribution in [0.25, 0.3) is 0 Å². The Bertz CT molecular complexity index is 190. The molecular weight excluding hydrogens is 150 g/mol. The fourth-order valence-electron chi connectivity index (χ4n) is 2.59. The van der Waals surface area contributed by atoms with Crippen LogP contribution in [0.2, 0.25) is 0 Å². The number of carbonyl (C=O) groups excluding carboxylic acids is 1. The number of nitrogens with one attached hydrogen (secondary N) is 1. The molecule has 0 aromatic rings. The zero-order chi connectivity index (χ0) is 8.55. The van der Waals surface area contributed by atoms with Gasteiger partial charge in [0.05, 0.1) is 0 Å². The van der Waals surface area contributed by atoms with E-state index in [0.29, 0.717) is 23.8 Å². The zero-order valence-electron chi connectivity index (χ0n) is 7.68. The molecule has 0 aromatic carbocycles. The minimum Gasteiger partial charge on any atom is -0.310 e. The maximum Gasteiger partial charge on any atom is 0.139 e. The molecule has 3 atom stereocenters. The highest BCUT2D eigenvalue weighted by molar-refractivity contribution is 5.83. The highest BCUT2D eigenvalue weighted by Gasteiger charge is 2.35. The van der Waals surface area contributed by atoms with Gasteiger partial charge < -0.3 is 5.32 Å². The Hall–Kier alpha value is -0.370. The van der Waals surface area contributed by atoms with Crippen molar-refractivity contribution in [3.63, 3.8) is 0 Å². The monoisotopic (exact) mass is 167 g/mol. The number of hydrogen-bond donors (Lipinski definition) is 1. The number of carbonyl (C=O) groups is 1. The van der Waals surface area contributed by atoms with E-state index in [1.54, 1.807) is 0 Å². The first-order chi connectivity index (χ1) is 5.77. The van der Waals surface area contributed by atoms with Crippen molar-refractivity contribution in [3.8, 4) is 0 Å². The van der Waals surface area contributed by atoms with Crippen molar-refractivity contribution in [3.05, 3.63) is 0 Å². The van der Waals surface area contributed by atoms with Gasteiger partial charge in [-0.15, -0.1) is 0 Å². The van der Waals surface area contributed by atoms with Gasteiger partial charge in [-0.2, -0.15) is 0 Å². The molecule has 1 unspecified atom stereocenters. The Labute approximate surface area is 73.7 Å². The van der Waals surface area contributed by atoms with E-state index < -0.39 is 0 Å². The molecule has 0 aromatic heterocycles. The second-order valence-electron chi connectivity index (χ2n) is 4.24. The van der Waals surface area contributed by atoms with Crippen molar-refractivity contribution in [2.24, 2.45) is 5.92 Å². The molecule has 1 saturated carbocycles. The quantitative estimate of drug-likeness (QED) is 0.592. The van der Waals surface area contributed by atoms with Crippen LogP contribution in [0.1, 0.15) is 39.0 Å². The number of ketones is 1. The summed E-state index contributed by atoms with van der Waals surface area (Å²) in [6.45, 7) is 2.11. The number of Topliss-reactive ketones (excluding diaryl/α,β-unsaturated/α-hetero) is 1. The average molecular weight is 167 g/mol. The molecule has 1 saturated heterocycles. The molecule has 12 heavy (non-hydrogen) atoms. The first-order valence-electron chi connectivity index (χ1n) is 5.06. The molecule has 2 aliphatic rings. The van der Waals surface area contributed by atoms with Gasteiger partial charge in [0.25, 0.3) is 0 Å². The molecule has 1 heterocycles. The summed E-state index contributed by atoms with van der Waals surface area (Å²) < 4.78 is 0. The van der Waals surface area contributed by atoms with E-state index in [1.807, 2.05) is 0 Å². The molecule has 2 nitrogen and oxygen atoms in total. The van der Waals surface area contributed by atoms with Crippen LogP contribution in [0.3, 0.4) is 0 Å². The minimum atomic E-state index is 0.356. The van der Waals surface area contributed by atoms with E-state index in [2.05, 4.69) is 12.2 Å². The summed E-state index contributed by atoms with van der Waals surface area (Å²) in [5.41, 5.74) is 0. The smallest absolute Gasteiger partial charge is 0.139 e. The molecule has 0 radical (unpaired) electrons. The van der Waals surface area contributed by atoms with Gasteiger partial charge in [0.1, 0.15) is 5.78 Å². The first-order valence-corrected chi connectivity index (χ1v) is 5.06. The predicted molar refractivity (Wildman–Crippen MR) is 48.0 cm³/mol. The number of fused-ring (bicyclic) bond motifs is 1. The molecule has 68 valence electrons. The fraction of sp³-hybridized carbons (Fsp3) is 0.900. The molecule has 2 rings (SSSR count). The SMILES string of the molecule is CC1CC(=O)[C@H]2CCCC[C@H]2N1. The Balaban J connectivity index is 2.06. The van der Waals surface area contributed by atoms with Gasteiger partial charge in [-0.1, -0.05) is 12.8 Å². The summed E-state index contributed by atoms with van der Waals surface area (Å²) in [5.74, 6) is 0.862. The Morgan fingerprint density at radius 2 is 2.08 bits per heavy atom. The third kappa shape index (κ3) is 1.40. The van der Waals surface area contributed by atoms with Crippen LogP contribution in [0.4, 0.5) is 0 Å². The van der Waals surface area contributed by atoms with Crippen LogP contribution in [0.5, 0.6) is 0 Å². The Morgan fingerprint density at radius 1 is 1.33 bits per heavy atom. The lowest BCUT2D eigenvalue weighted by Crippen LogP contribution is -2.52. The number of piperidine rings is 1. The van der Waals surface area contributed by atoms with Gasteiger partial charge in [0.2, 0.25) is 0 Å². The summed E-state index contributed by atoms with van der Waals surface area (Å²) in [6, 6.07) is 0.923. The Morgan fingerprint density at radius 3 is 2.92 bits per heavy atom. The van der Waals surface area contributed by atoms with E-state index in [4.69, 9.17) is 0 Å². The molecular formula is C10H17NO. The summed E-state index contributed by atoms with van der Waals surface area (Å²) in [4.78, 5) is 11.6. The summed E-state index contributed by atoms with van der Waals surface area (Å²) >= 11 is 0. The van der Waals surface area contributed by atoms with Gasteiger partial charge >= 0.3 is 0 Å². The molecule has 1 aliphatic carbocycles. The van der Waals surface area contributed by atoms with Gasteiger partial charge in [-0.3, -0.25) is 4.79 Å². The average Bonchev–Trinajstić information content (AvgIpc) is 2.04. The molecule has 0 amide bonds. The van der Waals surface area contributed by atoms with E-state index >= 15 is 0 Å². The lowest BCUT2D eigenvalue weighted by molar-refractivity contribution is -0.127. The topological polar surface area (TPSA) is 29.1 Å². The third-order valence-electron chi connectivity index (χ3n) is 3.19. The van der Waals surface area contributed by atoms with Crippen LogP contribution >= 0.6 is 0 Å². The molecule has 1 aliphatic heterocycles. The predicted octanol–water partition coefficient (Wildman–Crippen LogP) is 1.50. The number of rotatable bonds is 0. The van der Waals surface area contributed by atoms with Crippen LogP contribution < -0.4 is 5.32 Å². The highest BCUT2D eigenvalue weighted by atomic mass is 16.1. The first kappa shape index (κ1) is 8.24. The van der Waals surface area contributed by atoms with Crippen molar-refractivity contribution in [1.29, 1.82) is 0 Å². The molecule has 2 heteroatoms. The van der Waals surface area contributed by atoms with Gasteiger partial charge in [-0.05, 0) is 19.8 Å². The third-order valence-corrected chi connectivity index (χ3v) is 3.19. The zero-order valence-corrected chi connectivity index (χ0v) is 7.68. The maximum absolute atomic E-state index is 11.6. The van der Waals surface area contributed by atoms with Crippen LogP contribution in [-0.2, 0) is 4.79 Å². The van der Waals surface area contributed by atoms with Crippen molar-refractivity contribution >= 4 is 5.78 Å². The van der Waals surface area contributed by atoms with Gasteiger partial charge in [0.15, 0.2) is 0 Å². The van der Waals surface area contributed by atoms with Crippen LogP contribution in [0.15, 0.2) is 0 Å². The van der Waals surface area contributed by atoms with E-state index in [1.165, 1.54) is 19.3 Å². The second-order valence-corrected chi connectivity index (χ2v) is 4.24. The fourth-order valence-corrected chi connectivity index (χ4v) is 2.59. The van der Waals surface area contributed by atoms with E-state index in [0.717, 1.165) is 12.8 Å². The molecule has 1 N–H and O–H groups in total. The Kier molecular flexibility index (Phi) is 2.18. The van der Waals surface area contributed by atoms with Crippen molar-refractivity contribution in [1.82, 2.24) is 5.32 Å².